The molecule has 2 aromatic rings. The molecule has 8 nitrogen and oxygen atoms in total. The quantitative estimate of drug-likeness (QED) is 0.913. The van der Waals surface area contributed by atoms with Crippen LogP contribution in [0.5, 0.6) is 5.75 Å². The zero-order valence-corrected chi connectivity index (χ0v) is 14.6. The summed E-state index contributed by atoms with van der Waals surface area (Å²) in [5, 5.41) is 13.8. The molecule has 25 heavy (non-hydrogen) atoms. The van der Waals surface area contributed by atoms with E-state index in [1.807, 2.05) is 0 Å². The predicted molar refractivity (Wildman–Crippen MR) is 88.7 cm³/mol. The summed E-state index contributed by atoms with van der Waals surface area (Å²) in [6.07, 6.45) is 6.21. The van der Waals surface area contributed by atoms with Crippen molar-refractivity contribution in [2.45, 2.75) is 38.8 Å². The van der Waals surface area contributed by atoms with Crippen molar-refractivity contribution in [2.24, 2.45) is 12.5 Å². The van der Waals surface area contributed by atoms with Gasteiger partial charge in [-0.2, -0.15) is 5.10 Å². The van der Waals surface area contributed by atoms with Gasteiger partial charge in [0, 0.05) is 20.1 Å². The number of carbonyl (C=O) groups excluding carboxylic acids is 1. The zero-order valence-electron chi connectivity index (χ0n) is 14.6. The van der Waals surface area contributed by atoms with Gasteiger partial charge in [0.2, 0.25) is 0 Å². The molecule has 1 spiro atoms. The smallest absolute Gasteiger partial charge is 0.410 e. The van der Waals surface area contributed by atoms with Crippen LogP contribution in [0.25, 0.3) is 11.4 Å². The van der Waals surface area contributed by atoms with Crippen molar-refractivity contribution in [3.05, 3.63) is 23.8 Å². The van der Waals surface area contributed by atoms with Gasteiger partial charge in [0.15, 0.2) is 11.6 Å². The van der Waals surface area contributed by atoms with Crippen LogP contribution in [0.15, 0.2) is 12.4 Å². The zero-order chi connectivity index (χ0) is 17.8. The van der Waals surface area contributed by atoms with Gasteiger partial charge in [0.05, 0.1) is 29.3 Å². The second kappa shape index (κ2) is 5.44. The van der Waals surface area contributed by atoms with Crippen LogP contribution in [-0.2, 0) is 18.4 Å². The van der Waals surface area contributed by atoms with Crippen molar-refractivity contribution < 1.29 is 14.6 Å². The maximum absolute atomic E-state index is 12.3. The molecule has 1 N–H and O–H groups in total. The van der Waals surface area contributed by atoms with E-state index in [1.54, 1.807) is 36.8 Å². The van der Waals surface area contributed by atoms with Gasteiger partial charge < -0.3 is 14.7 Å². The standard InChI is InChI=1S/C17H21N5O3/c1-10-13(23)8-18-15(20-10)11-7-19-22(3)12(11)9-25-16(24)21(2)14-6-17(14)4-5-17/h7-8,14,23H,4-6,9H2,1-3H3. The number of amides is 1. The molecule has 132 valence electrons. The highest BCUT2D eigenvalue weighted by molar-refractivity contribution is 5.69. The topological polar surface area (TPSA) is 93.4 Å². The Kier molecular flexibility index (Phi) is 3.45. The molecule has 2 aliphatic rings. The number of aromatic hydroxyl groups is 1. The average Bonchev–Trinajstić information content (AvgIpc) is 3.49. The Balaban J connectivity index is 1.48. The summed E-state index contributed by atoms with van der Waals surface area (Å²) in [6.45, 7) is 1.80. The predicted octanol–water partition coefficient (Wildman–Crippen LogP) is 2.01. The van der Waals surface area contributed by atoms with E-state index < -0.39 is 0 Å². The van der Waals surface area contributed by atoms with Crippen LogP contribution in [0.3, 0.4) is 0 Å². The minimum absolute atomic E-state index is 0.0423. The molecule has 0 aromatic carbocycles. The summed E-state index contributed by atoms with van der Waals surface area (Å²) in [5.74, 6) is 0.489. The number of ether oxygens (including phenoxy) is 1. The van der Waals surface area contributed by atoms with Gasteiger partial charge in [-0.05, 0) is 31.6 Å². The van der Waals surface area contributed by atoms with Gasteiger partial charge in [-0.15, -0.1) is 0 Å². The second-order valence-electron chi connectivity index (χ2n) is 7.04. The lowest BCUT2D eigenvalue weighted by atomic mass is 10.2. The molecule has 2 heterocycles. The molecule has 8 heteroatoms. The molecule has 2 aliphatic carbocycles. The van der Waals surface area contributed by atoms with Crippen LogP contribution in [0.2, 0.25) is 0 Å². The number of aromatic nitrogens is 4. The molecule has 0 radical (unpaired) electrons. The molecule has 2 aromatic heterocycles. The lowest BCUT2D eigenvalue weighted by Crippen LogP contribution is -2.31. The molecule has 0 saturated heterocycles. The van der Waals surface area contributed by atoms with E-state index in [4.69, 9.17) is 4.74 Å². The monoisotopic (exact) mass is 343 g/mol. The van der Waals surface area contributed by atoms with E-state index in [-0.39, 0.29) is 18.4 Å². The summed E-state index contributed by atoms with van der Waals surface area (Å²) >= 11 is 0. The summed E-state index contributed by atoms with van der Waals surface area (Å²) in [6, 6.07) is 0.328. The summed E-state index contributed by atoms with van der Waals surface area (Å²) in [5.41, 5.74) is 2.29. The van der Waals surface area contributed by atoms with Gasteiger partial charge in [-0.3, -0.25) is 4.68 Å². The van der Waals surface area contributed by atoms with Crippen LogP contribution in [-0.4, -0.2) is 48.9 Å². The highest BCUT2D eigenvalue weighted by atomic mass is 16.6. The van der Waals surface area contributed by atoms with Crippen LogP contribution in [0.1, 0.15) is 30.7 Å². The van der Waals surface area contributed by atoms with Crippen molar-refractivity contribution in [3.8, 4) is 17.1 Å². The molecule has 1 amide bonds. The molecule has 0 bridgehead atoms. The Morgan fingerprint density at radius 3 is 2.88 bits per heavy atom. The molecular formula is C17H21N5O3. The van der Waals surface area contributed by atoms with Crippen LogP contribution in [0.4, 0.5) is 4.79 Å². The van der Waals surface area contributed by atoms with Crippen molar-refractivity contribution in [3.63, 3.8) is 0 Å². The van der Waals surface area contributed by atoms with E-state index in [1.165, 1.54) is 19.0 Å². The molecule has 1 unspecified atom stereocenters. The molecule has 0 aliphatic heterocycles. The highest BCUT2D eigenvalue weighted by Gasteiger charge is 2.65. The lowest BCUT2D eigenvalue weighted by Gasteiger charge is -2.17. The molecular weight excluding hydrogens is 322 g/mol. The van der Waals surface area contributed by atoms with Crippen molar-refractivity contribution in [1.82, 2.24) is 24.6 Å². The number of aryl methyl sites for hydroxylation is 2. The van der Waals surface area contributed by atoms with Gasteiger partial charge in [0.25, 0.3) is 0 Å². The third-order valence-corrected chi connectivity index (χ3v) is 5.38. The average molecular weight is 343 g/mol. The fourth-order valence-corrected chi connectivity index (χ4v) is 3.34. The van der Waals surface area contributed by atoms with Crippen molar-refractivity contribution in [2.75, 3.05) is 7.05 Å². The van der Waals surface area contributed by atoms with E-state index in [2.05, 4.69) is 15.1 Å². The first-order chi connectivity index (χ1) is 11.9. The number of rotatable bonds is 4. The highest BCUT2D eigenvalue weighted by Crippen LogP contribution is 2.67. The molecule has 1 atom stereocenters. The molecule has 2 fully saturated rings. The maximum atomic E-state index is 12.3. The van der Waals surface area contributed by atoms with Crippen molar-refractivity contribution in [1.29, 1.82) is 0 Å². The molecule has 2 saturated carbocycles. The van der Waals surface area contributed by atoms with Crippen molar-refractivity contribution >= 4 is 6.09 Å². The first kappa shape index (κ1) is 15.9. The summed E-state index contributed by atoms with van der Waals surface area (Å²) in [4.78, 5) is 22.4. The van der Waals surface area contributed by atoms with Crippen LogP contribution < -0.4 is 0 Å². The largest absolute Gasteiger partial charge is 0.504 e. The third kappa shape index (κ3) is 2.71. The van der Waals surface area contributed by atoms with E-state index >= 15 is 0 Å². The van der Waals surface area contributed by atoms with Gasteiger partial charge in [-0.1, -0.05) is 0 Å². The van der Waals surface area contributed by atoms with E-state index in [9.17, 15) is 9.90 Å². The fourth-order valence-electron chi connectivity index (χ4n) is 3.34. The first-order valence-corrected chi connectivity index (χ1v) is 8.35. The number of hydrogen-bond acceptors (Lipinski definition) is 6. The number of nitrogens with zero attached hydrogens (tertiary/aromatic N) is 5. The van der Waals surface area contributed by atoms with Gasteiger partial charge in [0.1, 0.15) is 6.61 Å². The number of carbonyl (C=O) groups is 1. The van der Waals surface area contributed by atoms with Crippen LogP contribution >= 0.6 is 0 Å². The normalized spacial score (nSPS) is 19.7. The maximum Gasteiger partial charge on any atom is 0.410 e. The molecule has 4 rings (SSSR count). The minimum Gasteiger partial charge on any atom is -0.504 e. The third-order valence-electron chi connectivity index (χ3n) is 5.38. The fraction of sp³-hybridized carbons (Fsp3) is 0.529. The van der Waals surface area contributed by atoms with Crippen LogP contribution in [0, 0.1) is 12.3 Å². The van der Waals surface area contributed by atoms with Gasteiger partial charge in [-0.25, -0.2) is 14.8 Å². The Labute approximate surface area is 145 Å². The summed E-state index contributed by atoms with van der Waals surface area (Å²) in [7, 11) is 3.58. The van der Waals surface area contributed by atoms with Gasteiger partial charge >= 0.3 is 6.09 Å². The minimum atomic E-state index is -0.316. The first-order valence-electron chi connectivity index (χ1n) is 8.35. The number of hydrogen-bond donors (Lipinski definition) is 1. The summed E-state index contributed by atoms with van der Waals surface area (Å²) < 4.78 is 7.14. The Morgan fingerprint density at radius 2 is 2.24 bits per heavy atom. The Morgan fingerprint density at radius 1 is 1.48 bits per heavy atom. The van der Waals surface area contributed by atoms with E-state index in [0.29, 0.717) is 34.2 Å². The van der Waals surface area contributed by atoms with E-state index in [0.717, 1.165) is 6.42 Å². The lowest BCUT2D eigenvalue weighted by molar-refractivity contribution is 0.0984. The SMILES string of the molecule is Cc1nc(-c2cnn(C)c2COC(=O)N(C)C2CC23CC3)ncc1O. The Bertz CT molecular complexity index is 843. The second-order valence-corrected chi connectivity index (χ2v) is 7.04. The Hall–Kier alpha value is -2.64.